The van der Waals surface area contributed by atoms with Gasteiger partial charge in [0.2, 0.25) is 0 Å². The van der Waals surface area contributed by atoms with Crippen molar-refractivity contribution >= 4 is 5.91 Å². The highest BCUT2D eigenvalue weighted by molar-refractivity contribution is 5.81. The standard InChI is InChI=1S/C23H31NO3/c1-4-18-13-15-20(16-14-18)27-21(5-2)23(25)24-17-9-11-19-10-7-8-12-22(19)26-6-3/h7-8,10,12-16,21H,4-6,9,11,17H2,1-3H3,(H,24,25)/t21-/m1/s1. The Hall–Kier alpha value is -2.49. The van der Waals surface area contributed by atoms with Gasteiger partial charge in [-0.1, -0.05) is 44.2 Å². The van der Waals surface area contributed by atoms with Crippen LogP contribution in [0.25, 0.3) is 0 Å². The molecule has 0 fully saturated rings. The van der Waals surface area contributed by atoms with Gasteiger partial charge in [0.15, 0.2) is 6.10 Å². The fourth-order valence-corrected chi connectivity index (χ4v) is 2.90. The smallest absolute Gasteiger partial charge is 0.261 e. The van der Waals surface area contributed by atoms with Crippen molar-refractivity contribution in [1.29, 1.82) is 0 Å². The highest BCUT2D eigenvalue weighted by Crippen LogP contribution is 2.19. The maximum absolute atomic E-state index is 12.4. The van der Waals surface area contributed by atoms with Crippen molar-refractivity contribution in [3.63, 3.8) is 0 Å². The fourth-order valence-electron chi connectivity index (χ4n) is 2.90. The van der Waals surface area contributed by atoms with Crippen LogP contribution >= 0.6 is 0 Å². The largest absolute Gasteiger partial charge is 0.494 e. The first kappa shape index (κ1) is 20.8. The van der Waals surface area contributed by atoms with Crippen molar-refractivity contribution < 1.29 is 14.3 Å². The fraction of sp³-hybridized carbons (Fsp3) is 0.435. The molecule has 1 N–H and O–H groups in total. The summed E-state index contributed by atoms with van der Waals surface area (Å²) in [4.78, 5) is 12.4. The maximum Gasteiger partial charge on any atom is 0.261 e. The number of carbonyl (C=O) groups is 1. The summed E-state index contributed by atoms with van der Waals surface area (Å²) < 4.78 is 11.5. The minimum Gasteiger partial charge on any atom is -0.494 e. The molecule has 0 aromatic heterocycles. The second-order valence-corrected chi connectivity index (χ2v) is 6.45. The van der Waals surface area contributed by atoms with Gasteiger partial charge in [0, 0.05) is 6.54 Å². The molecule has 27 heavy (non-hydrogen) atoms. The summed E-state index contributed by atoms with van der Waals surface area (Å²) in [5.41, 5.74) is 2.43. The number of carbonyl (C=O) groups excluding carboxylic acids is 1. The molecule has 2 aromatic carbocycles. The van der Waals surface area contributed by atoms with E-state index in [-0.39, 0.29) is 5.91 Å². The van der Waals surface area contributed by atoms with Gasteiger partial charge < -0.3 is 14.8 Å². The van der Waals surface area contributed by atoms with E-state index in [0.29, 0.717) is 19.6 Å². The number of aryl methyl sites for hydroxylation is 2. The van der Waals surface area contributed by atoms with Crippen LogP contribution in [-0.2, 0) is 17.6 Å². The van der Waals surface area contributed by atoms with E-state index in [1.165, 1.54) is 11.1 Å². The number of hydrogen-bond donors (Lipinski definition) is 1. The Morgan fingerprint density at radius 2 is 1.78 bits per heavy atom. The van der Waals surface area contributed by atoms with Gasteiger partial charge in [0.05, 0.1) is 6.61 Å². The van der Waals surface area contributed by atoms with Crippen molar-refractivity contribution in [2.24, 2.45) is 0 Å². The predicted octanol–water partition coefficient (Wildman–Crippen LogP) is 4.55. The minimum atomic E-state index is -0.465. The molecule has 0 saturated heterocycles. The number of ether oxygens (including phenoxy) is 2. The molecule has 0 aliphatic heterocycles. The molecular formula is C23H31NO3. The molecule has 1 amide bonds. The molecule has 146 valence electrons. The molecule has 1 atom stereocenters. The lowest BCUT2D eigenvalue weighted by molar-refractivity contribution is -0.128. The average Bonchev–Trinajstić information content (AvgIpc) is 2.71. The second-order valence-electron chi connectivity index (χ2n) is 6.45. The first-order chi connectivity index (χ1) is 13.2. The number of amides is 1. The third-order valence-electron chi connectivity index (χ3n) is 4.47. The normalized spacial score (nSPS) is 11.7. The zero-order chi connectivity index (χ0) is 19.5. The van der Waals surface area contributed by atoms with Crippen LogP contribution in [0.15, 0.2) is 48.5 Å². The molecular weight excluding hydrogens is 338 g/mol. The molecule has 4 heteroatoms. The Labute approximate surface area is 162 Å². The first-order valence-corrected chi connectivity index (χ1v) is 9.91. The first-order valence-electron chi connectivity index (χ1n) is 9.91. The topological polar surface area (TPSA) is 47.6 Å². The molecule has 2 aromatic rings. The highest BCUT2D eigenvalue weighted by Gasteiger charge is 2.17. The summed E-state index contributed by atoms with van der Waals surface area (Å²) >= 11 is 0. The molecule has 2 rings (SSSR count). The van der Waals surface area contributed by atoms with Crippen molar-refractivity contribution in [3.8, 4) is 11.5 Å². The molecule has 0 heterocycles. The monoisotopic (exact) mass is 369 g/mol. The quantitative estimate of drug-likeness (QED) is 0.591. The van der Waals surface area contributed by atoms with E-state index in [0.717, 1.165) is 30.8 Å². The average molecular weight is 370 g/mol. The van der Waals surface area contributed by atoms with Gasteiger partial charge in [-0.15, -0.1) is 0 Å². The van der Waals surface area contributed by atoms with Crippen molar-refractivity contribution in [2.45, 2.75) is 52.6 Å². The Morgan fingerprint density at radius 1 is 1.04 bits per heavy atom. The number of rotatable bonds is 11. The van der Waals surface area contributed by atoms with E-state index in [4.69, 9.17) is 9.47 Å². The summed E-state index contributed by atoms with van der Waals surface area (Å²) in [5, 5.41) is 2.99. The Bertz CT molecular complexity index is 697. The van der Waals surface area contributed by atoms with Crippen LogP contribution in [0, 0.1) is 0 Å². The molecule has 0 aliphatic rings. The highest BCUT2D eigenvalue weighted by atomic mass is 16.5. The summed E-state index contributed by atoms with van der Waals surface area (Å²) in [6, 6.07) is 16.0. The zero-order valence-corrected chi connectivity index (χ0v) is 16.7. The van der Waals surface area contributed by atoms with Crippen LogP contribution < -0.4 is 14.8 Å². The summed E-state index contributed by atoms with van der Waals surface area (Å²) in [7, 11) is 0. The van der Waals surface area contributed by atoms with Crippen LogP contribution in [0.5, 0.6) is 11.5 Å². The molecule has 0 aliphatic carbocycles. The van der Waals surface area contributed by atoms with Gasteiger partial charge in [0.25, 0.3) is 5.91 Å². The van der Waals surface area contributed by atoms with Crippen LogP contribution in [0.2, 0.25) is 0 Å². The molecule has 0 saturated carbocycles. The van der Waals surface area contributed by atoms with Gasteiger partial charge in [-0.05, 0) is 61.9 Å². The van der Waals surface area contributed by atoms with Crippen LogP contribution in [0.1, 0.15) is 44.7 Å². The maximum atomic E-state index is 12.4. The van der Waals surface area contributed by atoms with E-state index in [1.807, 2.05) is 56.3 Å². The Morgan fingerprint density at radius 3 is 2.44 bits per heavy atom. The van der Waals surface area contributed by atoms with Gasteiger partial charge in [-0.25, -0.2) is 0 Å². The summed E-state index contributed by atoms with van der Waals surface area (Å²) in [5.74, 6) is 1.60. The van der Waals surface area contributed by atoms with Gasteiger partial charge >= 0.3 is 0 Å². The zero-order valence-electron chi connectivity index (χ0n) is 16.7. The lowest BCUT2D eigenvalue weighted by atomic mass is 10.1. The van der Waals surface area contributed by atoms with Crippen molar-refractivity contribution in [3.05, 3.63) is 59.7 Å². The number of nitrogens with one attached hydrogen (secondary N) is 1. The van der Waals surface area contributed by atoms with E-state index in [1.54, 1.807) is 0 Å². The molecule has 0 radical (unpaired) electrons. The molecule has 0 bridgehead atoms. The Kier molecular flexibility index (Phi) is 8.69. The van der Waals surface area contributed by atoms with Crippen molar-refractivity contribution in [2.75, 3.05) is 13.2 Å². The number of para-hydroxylation sites is 1. The van der Waals surface area contributed by atoms with Crippen LogP contribution in [-0.4, -0.2) is 25.2 Å². The predicted molar refractivity (Wildman–Crippen MR) is 109 cm³/mol. The van der Waals surface area contributed by atoms with Crippen LogP contribution in [0.3, 0.4) is 0 Å². The molecule has 4 nitrogen and oxygen atoms in total. The van der Waals surface area contributed by atoms with Gasteiger partial charge in [0.1, 0.15) is 11.5 Å². The van der Waals surface area contributed by atoms with Crippen molar-refractivity contribution in [1.82, 2.24) is 5.32 Å². The SMILES string of the molecule is CCOc1ccccc1CCCNC(=O)[C@@H](CC)Oc1ccc(CC)cc1. The summed E-state index contributed by atoms with van der Waals surface area (Å²) in [6.45, 7) is 7.34. The third kappa shape index (κ3) is 6.63. The number of benzene rings is 2. The Balaban J connectivity index is 1.79. The third-order valence-corrected chi connectivity index (χ3v) is 4.47. The van der Waals surface area contributed by atoms with E-state index < -0.39 is 6.10 Å². The van der Waals surface area contributed by atoms with Crippen LogP contribution in [0.4, 0.5) is 0 Å². The minimum absolute atomic E-state index is 0.0600. The van der Waals surface area contributed by atoms with Gasteiger partial charge in [-0.3, -0.25) is 4.79 Å². The molecule has 0 spiro atoms. The lowest BCUT2D eigenvalue weighted by Gasteiger charge is -2.17. The lowest BCUT2D eigenvalue weighted by Crippen LogP contribution is -2.38. The summed E-state index contributed by atoms with van der Waals surface area (Å²) in [6.07, 6.45) is 2.89. The second kappa shape index (κ2) is 11.3. The number of hydrogen-bond acceptors (Lipinski definition) is 3. The van der Waals surface area contributed by atoms with E-state index in [2.05, 4.69) is 18.3 Å². The molecule has 0 unspecified atom stereocenters. The van der Waals surface area contributed by atoms with E-state index in [9.17, 15) is 4.79 Å². The van der Waals surface area contributed by atoms with Gasteiger partial charge in [-0.2, -0.15) is 0 Å². The van der Waals surface area contributed by atoms with E-state index >= 15 is 0 Å².